The number of aryl methyl sites for hydroxylation is 1. The Labute approximate surface area is 50.5 Å². The lowest BCUT2D eigenvalue weighted by Crippen LogP contribution is -1.81. The van der Waals surface area contributed by atoms with Crippen LogP contribution in [0.25, 0.3) is 0 Å². The van der Waals surface area contributed by atoms with Crippen molar-refractivity contribution in [3.8, 4) is 0 Å². The predicted octanol–water partition coefficient (Wildman–Crippen LogP) is 1.35. The molecule has 1 rings (SSSR count). The summed E-state index contributed by atoms with van der Waals surface area (Å²) in [4.78, 5) is 0. The number of nitrogens with zero attached hydrogens (tertiary/aromatic N) is 2. The van der Waals surface area contributed by atoms with Crippen molar-refractivity contribution in [1.82, 2.24) is 8.81 Å². The summed E-state index contributed by atoms with van der Waals surface area (Å²) < 4.78 is 1.65. The Morgan fingerprint density at radius 2 is 2.57 bits per heavy atom. The molecule has 1 aromatic rings. The summed E-state index contributed by atoms with van der Waals surface area (Å²) >= 11 is 3.17. The van der Waals surface area contributed by atoms with Crippen molar-refractivity contribution < 1.29 is 0 Å². The van der Waals surface area contributed by atoms with Crippen LogP contribution in [0, 0.1) is 6.92 Å². The minimum Gasteiger partial charge on any atom is -0.202 e. The highest BCUT2D eigenvalue weighted by Crippen LogP contribution is 1.97. The zero-order chi connectivity index (χ0) is 5.28. The summed E-state index contributed by atoms with van der Waals surface area (Å²) in [6, 6.07) is 1.93. The highest BCUT2D eigenvalue weighted by molar-refractivity contribution is 9.08. The summed E-state index contributed by atoms with van der Waals surface area (Å²) in [7, 11) is 0. The molecule has 0 saturated carbocycles. The van der Waals surface area contributed by atoms with Gasteiger partial charge in [-0.05, 0) is 13.0 Å². The third kappa shape index (κ3) is 0.825. The van der Waals surface area contributed by atoms with Crippen LogP contribution in [0.4, 0.5) is 0 Å². The first-order valence-electron chi connectivity index (χ1n) is 1.97. The molecule has 0 spiro atoms. The molecule has 0 bridgehead atoms. The fourth-order valence-corrected chi connectivity index (χ4v) is 0.576. The van der Waals surface area contributed by atoms with E-state index < -0.39 is 0 Å². The maximum absolute atomic E-state index is 3.85. The molecule has 0 aliphatic rings. The van der Waals surface area contributed by atoms with E-state index in [-0.39, 0.29) is 0 Å². The van der Waals surface area contributed by atoms with E-state index in [0.717, 1.165) is 5.69 Å². The molecule has 0 aromatic carbocycles. The maximum Gasteiger partial charge on any atom is 0.0746 e. The molecule has 1 heterocycles. The van der Waals surface area contributed by atoms with Gasteiger partial charge in [-0.25, -0.2) is 3.71 Å². The smallest absolute Gasteiger partial charge is 0.0746 e. The van der Waals surface area contributed by atoms with E-state index in [4.69, 9.17) is 0 Å². The van der Waals surface area contributed by atoms with Crippen LogP contribution < -0.4 is 0 Å². The summed E-state index contributed by atoms with van der Waals surface area (Å²) in [5.41, 5.74) is 1.11. The highest BCUT2D eigenvalue weighted by Gasteiger charge is 1.85. The van der Waals surface area contributed by atoms with Crippen molar-refractivity contribution in [3.05, 3.63) is 18.0 Å². The molecule has 2 nitrogen and oxygen atoms in total. The number of halogens is 1. The molecular formula is C4H5BrN2. The zero-order valence-corrected chi connectivity index (χ0v) is 5.51. The average molecular weight is 161 g/mol. The second-order valence-electron chi connectivity index (χ2n) is 1.33. The van der Waals surface area contributed by atoms with Crippen molar-refractivity contribution in [2.24, 2.45) is 0 Å². The largest absolute Gasteiger partial charge is 0.202 e. The van der Waals surface area contributed by atoms with Crippen molar-refractivity contribution in [1.29, 1.82) is 0 Å². The van der Waals surface area contributed by atoms with Gasteiger partial charge in [-0.2, -0.15) is 5.10 Å². The molecule has 0 N–H and O–H groups in total. The molecule has 0 aliphatic heterocycles. The Balaban J connectivity index is 3.12. The fraction of sp³-hybridized carbons (Fsp3) is 0.250. The average Bonchev–Trinajstić information content (AvgIpc) is 1.91. The van der Waals surface area contributed by atoms with Crippen LogP contribution in [0.3, 0.4) is 0 Å². The van der Waals surface area contributed by atoms with Crippen molar-refractivity contribution >= 4 is 16.1 Å². The third-order valence-electron chi connectivity index (χ3n) is 0.775. The molecule has 1 aromatic heterocycles. The molecule has 0 atom stereocenters. The van der Waals surface area contributed by atoms with E-state index in [1.165, 1.54) is 0 Å². The van der Waals surface area contributed by atoms with Crippen LogP contribution in [0.2, 0.25) is 0 Å². The second-order valence-corrected chi connectivity index (χ2v) is 2.00. The SMILES string of the molecule is Cc1ccnn1Br. The minimum atomic E-state index is 1.11. The fourth-order valence-electron chi connectivity index (χ4n) is 0.352. The Hall–Kier alpha value is -0.310. The van der Waals surface area contributed by atoms with Crippen LogP contribution in [-0.2, 0) is 0 Å². The molecular weight excluding hydrogens is 156 g/mol. The van der Waals surface area contributed by atoms with E-state index >= 15 is 0 Å². The van der Waals surface area contributed by atoms with Gasteiger partial charge in [0.15, 0.2) is 0 Å². The lowest BCUT2D eigenvalue weighted by atomic mass is 10.5. The lowest BCUT2D eigenvalue weighted by Gasteiger charge is -1.83. The summed E-state index contributed by atoms with van der Waals surface area (Å²) in [5, 5.41) is 3.85. The van der Waals surface area contributed by atoms with E-state index in [2.05, 4.69) is 21.2 Å². The Bertz CT molecular complexity index is 142. The second kappa shape index (κ2) is 1.66. The van der Waals surface area contributed by atoms with Gasteiger partial charge >= 0.3 is 0 Å². The van der Waals surface area contributed by atoms with Crippen LogP contribution in [0.1, 0.15) is 5.69 Å². The normalized spacial score (nSPS) is 9.43. The van der Waals surface area contributed by atoms with Gasteiger partial charge in [0.05, 0.1) is 22.3 Å². The van der Waals surface area contributed by atoms with E-state index in [0.29, 0.717) is 0 Å². The summed E-state index contributed by atoms with van der Waals surface area (Å²) in [6.45, 7) is 1.97. The summed E-state index contributed by atoms with van der Waals surface area (Å²) in [5.74, 6) is 0. The molecule has 0 unspecified atom stereocenters. The van der Waals surface area contributed by atoms with E-state index in [1.807, 2.05) is 13.0 Å². The molecule has 3 heteroatoms. The molecule has 0 amide bonds. The molecule has 0 saturated heterocycles. The summed E-state index contributed by atoms with van der Waals surface area (Å²) in [6.07, 6.45) is 1.74. The van der Waals surface area contributed by atoms with E-state index in [1.54, 1.807) is 9.90 Å². The van der Waals surface area contributed by atoms with Gasteiger partial charge in [0.25, 0.3) is 0 Å². The Kier molecular flexibility index (Phi) is 1.15. The quantitative estimate of drug-likeness (QED) is 0.561. The zero-order valence-electron chi connectivity index (χ0n) is 3.93. The standard InChI is InChI=1S/C4H5BrN2/c1-4-2-3-6-7(4)5/h2-3H,1H3. The Morgan fingerprint density at radius 3 is 2.71 bits per heavy atom. The number of aromatic nitrogens is 2. The maximum atomic E-state index is 3.85. The number of rotatable bonds is 0. The molecule has 0 fully saturated rings. The van der Waals surface area contributed by atoms with Crippen molar-refractivity contribution in [3.63, 3.8) is 0 Å². The predicted molar refractivity (Wildman–Crippen MR) is 31.3 cm³/mol. The first kappa shape index (κ1) is 4.84. The first-order valence-corrected chi connectivity index (χ1v) is 2.68. The number of hydrogen-bond acceptors (Lipinski definition) is 1. The van der Waals surface area contributed by atoms with Crippen LogP contribution in [0.15, 0.2) is 12.3 Å². The van der Waals surface area contributed by atoms with Gasteiger partial charge in [-0.3, -0.25) is 0 Å². The van der Waals surface area contributed by atoms with Crippen molar-refractivity contribution in [2.75, 3.05) is 0 Å². The third-order valence-corrected chi connectivity index (χ3v) is 1.52. The van der Waals surface area contributed by atoms with Gasteiger partial charge < -0.3 is 0 Å². The van der Waals surface area contributed by atoms with Gasteiger partial charge in [-0.15, -0.1) is 0 Å². The molecule has 38 valence electrons. The molecule has 0 aliphatic carbocycles. The van der Waals surface area contributed by atoms with Crippen LogP contribution in [0.5, 0.6) is 0 Å². The van der Waals surface area contributed by atoms with Crippen molar-refractivity contribution in [2.45, 2.75) is 6.92 Å². The van der Waals surface area contributed by atoms with Gasteiger partial charge in [-0.1, -0.05) is 0 Å². The van der Waals surface area contributed by atoms with Crippen LogP contribution in [-0.4, -0.2) is 8.81 Å². The van der Waals surface area contributed by atoms with Gasteiger partial charge in [0.2, 0.25) is 0 Å². The van der Waals surface area contributed by atoms with Gasteiger partial charge in [0.1, 0.15) is 0 Å². The highest BCUT2D eigenvalue weighted by atomic mass is 79.9. The molecule has 0 radical (unpaired) electrons. The van der Waals surface area contributed by atoms with Gasteiger partial charge in [0, 0.05) is 5.69 Å². The molecule has 7 heavy (non-hydrogen) atoms. The van der Waals surface area contributed by atoms with Crippen LogP contribution >= 0.6 is 16.1 Å². The monoisotopic (exact) mass is 160 g/mol. The first-order chi connectivity index (χ1) is 3.30. The van der Waals surface area contributed by atoms with E-state index in [9.17, 15) is 0 Å². The lowest BCUT2D eigenvalue weighted by molar-refractivity contribution is 0.990. The minimum absolute atomic E-state index is 1.11. The topological polar surface area (TPSA) is 17.8 Å². The Morgan fingerprint density at radius 1 is 1.86 bits per heavy atom. The number of hydrogen-bond donors (Lipinski definition) is 0.